The van der Waals surface area contributed by atoms with Crippen LogP contribution >= 0.6 is 0 Å². The van der Waals surface area contributed by atoms with Crippen LogP contribution in [0, 0.1) is 0 Å². The second kappa shape index (κ2) is 3.68. The Morgan fingerprint density at radius 2 is 2.46 bits per heavy atom. The van der Waals surface area contributed by atoms with E-state index in [0.29, 0.717) is 0 Å². The van der Waals surface area contributed by atoms with Gasteiger partial charge >= 0.3 is 0 Å². The Labute approximate surface area is 75.4 Å². The Bertz CT molecular complexity index is 332. The number of nitrogens with zero attached hydrogens (tertiary/aromatic N) is 1. The SMILES string of the molecule is COCC(C)(O)c1nccc(=O)[nH]1. The number of rotatable bonds is 3. The van der Waals surface area contributed by atoms with Crippen molar-refractivity contribution in [3.05, 3.63) is 28.4 Å². The zero-order valence-corrected chi connectivity index (χ0v) is 7.57. The number of ether oxygens (including phenoxy) is 1. The summed E-state index contributed by atoms with van der Waals surface area (Å²) in [7, 11) is 1.47. The Kier molecular flexibility index (Phi) is 2.79. The van der Waals surface area contributed by atoms with E-state index < -0.39 is 5.60 Å². The van der Waals surface area contributed by atoms with Gasteiger partial charge in [0.25, 0.3) is 5.56 Å². The molecule has 0 amide bonds. The van der Waals surface area contributed by atoms with Gasteiger partial charge in [0, 0.05) is 19.4 Å². The van der Waals surface area contributed by atoms with Crippen molar-refractivity contribution in [2.24, 2.45) is 0 Å². The molecule has 0 radical (unpaired) electrons. The van der Waals surface area contributed by atoms with Gasteiger partial charge in [0.15, 0.2) is 0 Å². The molecule has 72 valence electrons. The maximum absolute atomic E-state index is 10.9. The van der Waals surface area contributed by atoms with Crippen LogP contribution in [0.1, 0.15) is 12.7 Å². The van der Waals surface area contributed by atoms with Crippen LogP contribution in [0.15, 0.2) is 17.1 Å². The first kappa shape index (κ1) is 9.88. The third kappa shape index (κ3) is 2.37. The number of aromatic nitrogens is 2. The van der Waals surface area contributed by atoms with Crippen LogP contribution in [0.2, 0.25) is 0 Å². The molecule has 0 saturated carbocycles. The number of aliphatic hydroxyl groups is 1. The van der Waals surface area contributed by atoms with Gasteiger partial charge in [-0.25, -0.2) is 4.98 Å². The van der Waals surface area contributed by atoms with Gasteiger partial charge in [-0.2, -0.15) is 0 Å². The number of methoxy groups -OCH3 is 1. The maximum atomic E-state index is 10.9. The fourth-order valence-corrected chi connectivity index (χ4v) is 0.993. The zero-order chi connectivity index (χ0) is 9.90. The van der Waals surface area contributed by atoms with Gasteiger partial charge < -0.3 is 14.8 Å². The van der Waals surface area contributed by atoms with E-state index in [-0.39, 0.29) is 18.0 Å². The summed E-state index contributed by atoms with van der Waals surface area (Å²) in [5.74, 6) is 0.210. The van der Waals surface area contributed by atoms with Crippen molar-refractivity contribution in [1.29, 1.82) is 0 Å². The fraction of sp³-hybridized carbons (Fsp3) is 0.500. The highest BCUT2D eigenvalue weighted by Gasteiger charge is 2.25. The van der Waals surface area contributed by atoms with Crippen LogP contribution in [0.25, 0.3) is 0 Å². The maximum Gasteiger partial charge on any atom is 0.250 e. The normalized spacial score (nSPS) is 15.3. The first-order valence-corrected chi connectivity index (χ1v) is 3.83. The number of hydrogen-bond donors (Lipinski definition) is 2. The van der Waals surface area contributed by atoms with Crippen LogP contribution in [-0.2, 0) is 10.3 Å². The summed E-state index contributed by atoms with van der Waals surface area (Å²) in [5.41, 5.74) is -1.55. The Balaban J connectivity index is 2.99. The number of aromatic amines is 1. The molecule has 13 heavy (non-hydrogen) atoms. The number of nitrogens with one attached hydrogen (secondary N) is 1. The smallest absolute Gasteiger partial charge is 0.250 e. The van der Waals surface area contributed by atoms with E-state index >= 15 is 0 Å². The molecule has 0 bridgehead atoms. The minimum Gasteiger partial charge on any atom is -0.381 e. The molecule has 0 spiro atoms. The lowest BCUT2D eigenvalue weighted by molar-refractivity contribution is -0.0275. The van der Waals surface area contributed by atoms with Crippen LogP contribution in [0.5, 0.6) is 0 Å². The van der Waals surface area contributed by atoms with Gasteiger partial charge in [-0.15, -0.1) is 0 Å². The first-order valence-electron chi connectivity index (χ1n) is 3.83. The molecule has 0 fully saturated rings. The molecule has 2 N–H and O–H groups in total. The van der Waals surface area contributed by atoms with E-state index in [0.717, 1.165) is 0 Å². The van der Waals surface area contributed by atoms with Crippen LogP contribution in [0.4, 0.5) is 0 Å². The molecule has 1 aromatic rings. The van der Waals surface area contributed by atoms with E-state index in [1.807, 2.05) is 0 Å². The quantitative estimate of drug-likeness (QED) is 0.671. The van der Waals surface area contributed by atoms with E-state index in [2.05, 4.69) is 9.97 Å². The summed E-state index contributed by atoms with van der Waals surface area (Å²) in [5, 5.41) is 9.75. The number of H-pyrrole nitrogens is 1. The van der Waals surface area contributed by atoms with Crippen molar-refractivity contribution in [1.82, 2.24) is 9.97 Å². The molecule has 1 heterocycles. The van der Waals surface area contributed by atoms with Gasteiger partial charge in [-0.05, 0) is 6.92 Å². The molecule has 1 atom stereocenters. The van der Waals surface area contributed by atoms with Gasteiger partial charge in [0.2, 0.25) is 0 Å². The highest BCUT2D eigenvalue weighted by Crippen LogP contribution is 2.14. The lowest BCUT2D eigenvalue weighted by Crippen LogP contribution is -2.31. The fourth-order valence-electron chi connectivity index (χ4n) is 0.993. The molecular weight excluding hydrogens is 172 g/mol. The summed E-state index contributed by atoms with van der Waals surface area (Å²) in [6.45, 7) is 1.61. The average Bonchev–Trinajstić information content (AvgIpc) is 2.04. The van der Waals surface area contributed by atoms with E-state index in [1.54, 1.807) is 0 Å². The zero-order valence-electron chi connectivity index (χ0n) is 7.57. The topological polar surface area (TPSA) is 75.2 Å². The van der Waals surface area contributed by atoms with Gasteiger partial charge in [0.05, 0.1) is 6.61 Å². The van der Waals surface area contributed by atoms with Crippen molar-refractivity contribution in [2.45, 2.75) is 12.5 Å². The highest BCUT2D eigenvalue weighted by atomic mass is 16.5. The molecule has 1 unspecified atom stereocenters. The second-order valence-electron chi connectivity index (χ2n) is 2.99. The Morgan fingerprint density at radius 1 is 1.77 bits per heavy atom. The highest BCUT2D eigenvalue weighted by molar-refractivity contribution is 4.99. The van der Waals surface area contributed by atoms with Crippen LogP contribution in [0.3, 0.4) is 0 Å². The molecule has 0 aliphatic rings. The van der Waals surface area contributed by atoms with Crippen molar-refractivity contribution >= 4 is 0 Å². The minimum atomic E-state index is -1.25. The third-order valence-corrected chi connectivity index (χ3v) is 1.61. The van der Waals surface area contributed by atoms with Gasteiger partial charge in [-0.1, -0.05) is 0 Å². The van der Waals surface area contributed by atoms with Gasteiger partial charge in [-0.3, -0.25) is 4.79 Å². The van der Waals surface area contributed by atoms with E-state index in [1.165, 1.54) is 26.3 Å². The molecule has 5 nitrogen and oxygen atoms in total. The summed E-state index contributed by atoms with van der Waals surface area (Å²) >= 11 is 0. The molecule has 0 aliphatic carbocycles. The standard InChI is InChI=1S/C8H12N2O3/c1-8(12,5-13-2)7-9-4-3-6(11)10-7/h3-4,12H,5H2,1-2H3,(H,9,10,11). The van der Waals surface area contributed by atoms with E-state index in [4.69, 9.17) is 4.74 Å². The molecule has 0 aliphatic heterocycles. The van der Waals surface area contributed by atoms with Gasteiger partial charge in [0.1, 0.15) is 11.4 Å². The third-order valence-electron chi connectivity index (χ3n) is 1.61. The summed E-state index contributed by atoms with van der Waals surface area (Å²) in [6, 6.07) is 1.28. The molecule has 0 saturated heterocycles. The summed E-state index contributed by atoms with van der Waals surface area (Å²) in [4.78, 5) is 17.2. The average molecular weight is 184 g/mol. The molecule has 0 aromatic carbocycles. The molecule has 1 aromatic heterocycles. The minimum absolute atomic E-state index is 0.0833. The lowest BCUT2D eigenvalue weighted by atomic mass is 10.1. The van der Waals surface area contributed by atoms with Crippen LogP contribution in [-0.4, -0.2) is 28.8 Å². The summed E-state index contributed by atoms with van der Waals surface area (Å²) in [6.07, 6.45) is 1.35. The predicted molar refractivity (Wildman–Crippen MR) is 46.3 cm³/mol. The number of hydrogen-bond acceptors (Lipinski definition) is 4. The molecule has 5 heteroatoms. The Morgan fingerprint density at radius 3 is 3.00 bits per heavy atom. The second-order valence-corrected chi connectivity index (χ2v) is 2.99. The van der Waals surface area contributed by atoms with E-state index in [9.17, 15) is 9.90 Å². The molecular formula is C8H12N2O3. The largest absolute Gasteiger partial charge is 0.381 e. The lowest BCUT2D eigenvalue weighted by Gasteiger charge is -2.20. The molecule has 1 rings (SSSR count). The van der Waals surface area contributed by atoms with Crippen LogP contribution < -0.4 is 5.56 Å². The van der Waals surface area contributed by atoms with Crippen molar-refractivity contribution < 1.29 is 9.84 Å². The van der Waals surface area contributed by atoms with Crippen molar-refractivity contribution in [3.63, 3.8) is 0 Å². The van der Waals surface area contributed by atoms with Crippen molar-refractivity contribution in [2.75, 3.05) is 13.7 Å². The first-order chi connectivity index (χ1) is 6.06. The van der Waals surface area contributed by atoms with Crippen molar-refractivity contribution in [3.8, 4) is 0 Å². The predicted octanol–water partition coefficient (Wildman–Crippen LogP) is -0.376. The summed E-state index contributed by atoms with van der Waals surface area (Å²) < 4.78 is 4.79. The monoisotopic (exact) mass is 184 g/mol. The Hall–Kier alpha value is -1.20.